The number of fused-ring (bicyclic) bond motifs is 1. The molecule has 0 fully saturated rings. The highest BCUT2D eigenvalue weighted by Crippen LogP contribution is 2.29. The fraction of sp³-hybridized carbons (Fsp3) is 0.276. The zero-order valence-corrected chi connectivity index (χ0v) is 20.6. The molecule has 3 heterocycles. The van der Waals surface area contributed by atoms with E-state index in [1.807, 2.05) is 30.2 Å². The van der Waals surface area contributed by atoms with Gasteiger partial charge in [0, 0.05) is 36.2 Å². The number of allylic oxidation sites excluding steroid dienone is 1. The Morgan fingerprint density at radius 2 is 2.00 bits per heavy atom. The molecule has 0 radical (unpaired) electrons. The van der Waals surface area contributed by atoms with Gasteiger partial charge in [0.1, 0.15) is 0 Å². The summed E-state index contributed by atoms with van der Waals surface area (Å²) in [6.07, 6.45) is 12.3. The minimum Gasteiger partial charge on any atom is -0.324 e. The van der Waals surface area contributed by atoms with Gasteiger partial charge in [0.2, 0.25) is 5.95 Å². The molecule has 1 atom stereocenters. The Hall–Kier alpha value is -3.77. The molecule has 6 heteroatoms. The van der Waals surface area contributed by atoms with E-state index in [9.17, 15) is 0 Å². The number of aromatic nitrogens is 4. The Morgan fingerprint density at radius 1 is 1.14 bits per heavy atom. The molecule has 6 nitrogen and oxygen atoms in total. The van der Waals surface area contributed by atoms with Crippen molar-refractivity contribution in [1.82, 2.24) is 25.1 Å². The van der Waals surface area contributed by atoms with Gasteiger partial charge in [0.15, 0.2) is 0 Å². The molecule has 0 bridgehead atoms. The van der Waals surface area contributed by atoms with Crippen LogP contribution in [0.1, 0.15) is 48.2 Å². The van der Waals surface area contributed by atoms with Crippen LogP contribution >= 0.6 is 0 Å². The highest BCUT2D eigenvalue weighted by molar-refractivity contribution is 5.64. The first-order valence-electron chi connectivity index (χ1n) is 12.3. The lowest BCUT2D eigenvalue weighted by molar-refractivity contribution is 0.532. The topological polar surface area (TPSA) is 67.7 Å². The molecule has 0 amide bonds. The van der Waals surface area contributed by atoms with Crippen LogP contribution in [0.5, 0.6) is 0 Å². The number of hydrogen-bond acceptors (Lipinski definition) is 5. The minimum absolute atomic E-state index is 0.233. The third kappa shape index (κ3) is 5.33. The number of rotatable bonds is 7. The van der Waals surface area contributed by atoms with Crippen molar-refractivity contribution in [2.24, 2.45) is 0 Å². The van der Waals surface area contributed by atoms with Crippen molar-refractivity contribution < 1.29 is 0 Å². The normalized spacial score (nSPS) is 15.5. The molecular weight excluding hydrogens is 432 g/mol. The Bertz CT molecular complexity index is 1320. The summed E-state index contributed by atoms with van der Waals surface area (Å²) in [7, 11) is 0. The van der Waals surface area contributed by atoms with Crippen molar-refractivity contribution in [2.75, 3.05) is 11.9 Å². The van der Waals surface area contributed by atoms with Gasteiger partial charge >= 0.3 is 0 Å². The zero-order chi connectivity index (χ0) is 24.2. The van der Waals surface area contributed by atoms with Crippen molar-refractivity contribution in [3.63, 3.8) is 0 Å². The predicted molar refractivity (Wildman–Crippen MR) is 142 cm³/mol. The summed E-state index contributed by atoms with van der Waals surface area (Å²) < 4.78 is 1.95. The van der Waals surface area contributed by atoms with Crippen LogP contribution in [-0.4, -0.2) is 26.3 Å². The van der Waals surface area contributed by atoms with Gasteiger partial charge < -0.3 is 10.6 Å². The van der Waals surface area contributed by atoms with Crippen LogP contribution < -0.4 is 10.6 Å². The Morgan fingerprint density at radius 3 is 2.80 bits per heavy atom. The molecule has 0 saturated heterocycles. The molecule has 0 spiro atoms. The van der Waals surface area contributed by atoms with E-state index in [1.165, 1.54) is 16.7 Å². The van der Waals surface area contributed by atoms with Crippen LogP contribution in [0.15, 0.2) is 79.3 Å². The molecule has 0 aliphatic carbocycles. The molecule has 1 aliphatic heterocycles. The van der Waals surface area contributed by atoms with Gasteiger partial charge in [-0.3, -0.25) is 4.68 Å². The summed E-state index contributed by atoms with van der Waals surface area (Å²) >= 11 is 0. The van der Waals surface area contributed by atoms with E-state index in [1.54, 1.807) is 0 Å². The van der Waals surface area contributed by atoms with Crippen molar-refractivity contribution >= 4 is 11.6 Å². The van der Waals surface area contributed by atoms with E-state index < -0.39 is 0 Å². The van der Waals surface area contributed by atoms with Gasteiger partial charge in [-0.1, -0.05) is 48.6 Å². The number of hydrogen-bond donors (Lipinski definition) is 2. The van der Waals surface area contributed by atoms with Crippen LogP contribution in [0.3, 0.4) is 0 Å². The van der Waals surface area contributed by atoms with E-state index in [2.05, 4.69) is 95.2 Å². The number of benzene rings is 2. The Kier molecular flexibility index (Phi) is 6.73. The lowest BCUT2D eigenvalue weighted by atomic mass is 9.93. The fourth-order valence-corrected chi connectivity index (χ4v) is 4.47. The van der Waals surface area contributed by atoms with E-state index in [0.29, 0.717) is 12.0 Å². The Labute approximate surface area is 207 Å². The number of aryl methyl sites for hydroxylation is 1. The highest BCUT2D eigenvalue weighted by atomic mass is 15.3. The second-order valence-electron chi connectivity index (χ2n) is 9.37. The first-order valence-corrected chi connectivity index (χ1v) is 12.3. The average Bonchev–Trinajstić information content (AvgIpc) is 3.36. The lowest BCUT2D eigenvalue weighted by Crippen LogP contribution is -2.28. The zero-order valence-electron chi connectivity index (χ0n) is 20.6. The summed E-state index contributed by atoms with van der Waals surface area (Å²) in [5.41, 5.74) is 7.95. The molecule has 2 aromatic heterocycles. The number of nitrogens with one attached hydrogen (secondary N) is 2. The van der Waals surface area contributed by atoms with Gasteiger partial charge in [0.05, 0.1) is 17.9 Å². The minimum atomic E-state index is 0.233. The smallest absolute Gasteiger partial charge is 0.227 e. The third-order valence-electron chi connectivity index (χ3n) is 6.39. The van der Waals surface area contributed by atoms with Gasteiger partial charge in [-0.05, 0) is 68.0 Å². The van der Waals surface area contributed by atoms with Crippen molar-refractivity contribution in [3.8, 4) is 11.3 Å². The molecule has 0 saturated carbocycles. The monoisotopic (exact) mass is 464 g/mol. The molecular formula is C29H32N6. The van der Waals surface area contributed by atoms with Gasteiger partial charge in [0.25, 0.3) is 0 Å². The van der Waals surface area contributed by atoms with E-state index in [4.69, 9.17) is 4.98 Å². The largest absolute Gasteiger partial charge is 0.324 e. The number of nitrogens with zero attached hydrogens (tertiary/aromatic N) is 4. The van der Waals surface area contributed by atoms with Crippen molar-refractivity contribution in [2.45, 2.75) is 45.7 Å². The average molecular weight is 465 g/mol. The molecule has 2 aromatic carbocycles. The molecule has 5 rings (SSSR count). The first-order chi connectivity index (χ1) is 17.1. The maximum atomic E-state index is 4.81. The fourth-order valence-electron chi connectivity index (χ4n) is 4.47. The maximum absolute atomic E-state index is 4.81. The van der Waals surface area contributed by atoms with Crippen LogP contribution in [0.4, 0.5) is 11.6 Å². The third-order valence-corrected chi connectivity index (χ3v) is 6.39. The summed E-state index contributed by atoms with van der Waals surface area (Å²) in [5, 5.41) is 11.5. The predicted octanol–water partition coefficient (Wildman–Crippen LogP) is 5.96. The molecule has 35 heavy (non-hydrogen) atoms. The van der Waals surface area contributed by atoms with Gasteiger partial charge in [-0.15, -0.1) is 0 Å². The highest BCUT2D eigenvalue weighted by Gasteiger charge is 2.18. The SMILES string of the molecule is Cc1cnc(Nc2ccc3c(c2)CCNC3C=CCc2ccccc2)nc1-c1cnn(C(C)C)c1. The lowest BCUT2D eigenvalue weighted by Gasteiger charge is -2.25. The van der Waals surface area contributed by atoms with Crippen LogP contribution in [-0.2, 0) is 12.8 Å². The maximum Gasteiger partial charge on any atom is 0.227 e. The second-order valence-corrected chi connectivity index (χ2v) is 9.37. The quantitative estimate of drug-likeness (QED) is 0.330. The van der Waals surface area contributed by atoms with E-state index >= 15 is 0 Å². The summed E-state index contributed by atoms with van der Waals surface area (Å²) in [5.74, 6) is 0.594. The van der Waals surface area contributed by atoms with E-state index in [-0.39, 0.29) is 6.04 Å². The van der Waals surface area contributed by atoms with Gasteiger partial charge in [-0.2, -0.15) is 5.10 Å². The van der Waals surface area contributed by atoms with Crippen LogP contribution in [0, 0.1) is 6.92 Å². The van der Waals surface area contributed by atoms with Crippen molar-refractivity contribution in [1.29, 1.82) is 0 Å². The summed E-state index contributed by atoms with van der Waals surface area (Å²) in [4.78, 5) is 9.33. The molecule has 2 N–H and O–H groups in total. The molecule has 1 aliphatic rings. The summed E-state index contributed by atoms with van der Waals surface area (Å²) in [6.45, 7) is 7.22. The summed E-state index contributed by atoms with van der Waals surface area (Å²) in [6, 6.07) is 17.7. The number of anilines is 2. The second kappa shape index (κ2) is 10.2. The van der Waals surface area contributed by atoms with Crippen LogP contribution in [0.2, 0.25) is 0 Å². The molecule has 4 aromatic rings. The Balaban J connectivity index is 1.32. The van der Waals surface area contributed by atoms with Crippen LogP contribution in [0.25, 0.3) is 11.3 Å². The molecule has 178 valence electrons. The molecule has 1 unspecified atom stereocenters. The van der Waals surface area contributed by atoms with E-state index in [0.717, 1.165) is 41.9 Å². The standard InChI is InChI=1S/C29H32N6/c1-20(2)35-19-24(18-32-35)28-21(3)17-31-29(34-28)33-25-12-13-26-23(16-25)14-15-30-27(26)11-7-10-22-8-5-4-6-9-22/h4-9,11-13,16-20,27,30H,10,14-15H2,1-3H3,(H,31,33,34). The van der Waals surface area contributed by atoms with Crippen molar-refractivity contribution in [3.05, 3.63) is 102 Å². The van der Waals surface area contributed by atoms with Gasteiger partial charge in [-0.25, -0.2) is 9.97 Å². The first kappa shape index (κ1) is 23.0.